The molecule has 4 aromatic rings. The largest absolute Gasteiger partial charge is 0.444 e. The summed E-state index contributed by atoms with van der Waals surface area (Å²) in [5, 5.41) is 8.24. The molecule has 1 aliphatic heterocycles. The first kappa shape index (κ1) is 29.8. The van der Waals surface area contributed by atoms with Crippen molar-refractivity contribution in [2.75, 3.05) is 25.0 Å². The zero-order chi connectivity index (χ0) is 31.3. The van der Waals surface area contributed by atoms with Crippen molar-refractivity contribution in [3.05, 3.63) is 53.7 Å². The molecule has 1 saturated heterocycles. The first-order valence-corrected chi connectivity index (χ1v) is 14.1. The van der Waals surface area contributed by atoms with E-state index in [1.54, 1.807) is 70.4 Å². The first-order valence-electron chi connectivity index (χ1n) is 14.1. The van der Waals surface area contributed by atoms with Gasteiger partial charge in [0.1, 0.15) is 17.0 Å². The highest BCUT2D eigenvalue weighted by Crippen LogP contribution is 2.29. The van der Waals surface area contributed by atoms with Gasteiger partial charge in [0, 0.05) is 37.3 Å². The predicted molar refractivity (Wildman–Crippen MR) is 160 cm³/mol. The van der Waals surface area contributed by atoms with Gasteiger partial charge in [-0.1, -0.05) is 6.07 Å². The van der Waals surface area contributed by atoms with Gasteiger partial charge in [0.15, 0.2) is 5.65 Å². The van der Waals surface area contributed by atoms with Gasteiger partial charge in [0.2, 0.25) is 0 Å². The van der Waals surface area contributed by atoms with Gasteiger partial charge in [-0.15, -0.1) is 0 Å². The third-order valence-corrected chi connectivity index (χ3v) is 6.90. The number of benzene rings is 1. The SMILES string of the molecule is Cc1nn(C)c2cc(C(=O)Nc3cn4cc([C@H]5CN(C(=O)OC(C)(C)C)CCN5C(=O)OC(C)(C)C)nc4cn3)ccc12. The number of aryl methyl sites for hydroxylation is 2. The fraction of sp³-hybridized carbons (Fsp3) is 0.467. The Morgan fingerprint density at radius 3 is 2.37 bits per heavy atom. The van der Waals surface area contributed by atoms with E-state index < -0.39 is 29.4 Å². The number of rotatable bonds is 3. The van der Waals surface area contributed by atoms with Crippen molar-refractivity contribution in [3.8, 4) is 0 Å². The van der Waals surface area contributed by atoms with Crippen molar-refractivity contribution in [2.45, 2.75) is 65.7 Å². The van der Waals surface area contributed by atoms with Gasteiger partial charge in [0.25, 0.3) is 5.91 Å². The molecule has 5 rings (SSSR count). The van der Waals surface area contributed by atoms with E-state index in [0.717, 1.165) is 16.6 Å². The quantitative estimate of drug-likeness (QED) is 0.363. The fourth-order valence-electron chi connectivity index (χ4n) is 4.98. The van der Waals surface area contributed by atoms with Gasteiger partial charge in [-0.2, -0.15) is 5.10 Å². The van der Waals surface area contributed by atoms with Gasteiger partial charge < -0.3 is 24.1 Å². The second-order valence-electron chi connectivity index (χ2n) is 12.7. The van der Waals surface area contributed by atoms with Crippen LogP contribution in [0, 0.1) is 6.92 Å². The fourth-order valence-corrected chi connectivity index (χ4v) is 4.98. The van der Waals surface area contributed by atoms with Crippen LogP contribution in [0.1, 0.15) is 69.3 Å². The van der Waals surface area contributed by atoms with E-state index in [0.29, 0.717) is 29.3 Å². The first-order chi connectivity index (χ1) is 20.1. The summed E-state index contributed by atoms with van der Waals surface area (Å²) in [7, 11) is 1.84. The van der Waals surface area contributed by atoms with Crippen LogP contribution in [0.2, 0.25) is 0 Å². The summed E-state index contributed by atoms with van der Waals surface area (Å²) in [5.41, 5.74) is 1.92. The molecule has 3 aromatic heterocycles. The molecule has 1 atom stereocenters. The molecule has 13 heteroatoms. The van der Waals surface area contributed by atoms with Crippen LogP contribution in [0.4, 0.5) is 15.4 Å². The zero-order valence-electron chi connectivity index (χ0n) is 25.8. The van der Waals surface area contributed by atoms with E-state index in [-0.39, 0.29) is 19.0 Å². The van der Waals surface area contributed by atoms with Gasteiger partial charge in [-0.05, 0) is 60.6 Å². The molecule has 43 heavy (non-hydrogen) atoms. The summed E-state index contributed by atoms with van der Waals surface area (Å²) in [4.78, 5) is 51.4. The van der Waals surface area contributed by atoms with Crippen LogP contribution < -0.4 is 5.32 Å². The van der Waals surface area contributed by atoms with Crippen LogP contribution in [0.15, 0.2) is 36.8 Å². The standard InChI is InChI=1S/C30H38N8O5/c1-18-20-10-9-19(13-22(20)35(8)34-18)26(39)33-24-17-37-15-21(32-25(37)14-31-24)23-16-36(27(40)42-29(2,3)4)11-12-38(23)28(41)43-30(5,6)7/h9-10,13-15,17,23H,11-12,16H2,1-8H3,(H,33,39)/t23-/m1/s1. The number of carbonyl (C=O) groups excluding carboxylic acids is 3. The number of fused-ring (bicyclic) bond motifs is 2. The van der Waals surface area contributed by atoms with E-state index in [1.165, 1.54) is 0 Å². The molecule has 1 fully saturated rings. The highest BCUT2D eigenvalue weighted by molar-refractivity contribution is 6.05. The number of piperazine rings is 1. The van der Waals surface area contributed by atoms with Crippen LogP contribution in [-0.4, -0.2) is 82.9 Å². The molecule has 0 bridgehead atoms. The molecule has 1 aromatic carbocycles. The summed E-state index contributed by atoms with van der Waals surface area (Å²) in [6, 6.07) is 4.84. The number of anilines is 1. The zero-order valence-corrected chi connectivity index (χ0v) is 25.8. The molecule has 0 spiro atoms. The molecule has 13 nitrogen and oxygen atoms in total. The Bertz CT molecular complexity index is 1710. The van der Waals surface area contributed by atoms with E-state index in [4.69, 9.17) is 14.5 Å². The van der Waals surface area contributed by atoms with Crippen molar-refractivity contribution in [1.29, 1.82) is 0 Å². The highest BCUT2D eigenvalue weighted by Gasteiger charge is 2.38. The minimum Gasteiger partial charge on any atom is -0.444 e. The van der Waals surface area contributed by atoms with Crippen LogP contribution in [0.25, 0.3) is 16.6 Å². The second kappa shape index (κ2) is 10.9. The Morgan fingerprint density at radius 2 is 1.67 bits per heavy atom. The van der Waals surface area contributed by atoms with E-state index >= 15 is 0 Å². The number of ether oxygens (including phenoxy) is 2. The molecule has 1 N–H and O–H groups in total. The molecule has 0 saturated carbocycles. The molecule has 4 heterocycles. The number of aromatic nitrogens is 5. The Labute approximate surface area is 249 Å². The van der Waals surface area contributed by atoms with Crippen molar-refractivity contribution in [3.63, 3.8) is 0 Å². The number of nitrogens with zero attached hydrogens (tertiary/aromatic N) is 7. The Hall–Kier alpha value is -4.68. The minimum atomic E-state index is -0.694. The summed E-state index contributed by atoms with van der Waals surface area (Å²) < 4.78 is 14.7. The molecule has 0 aliphatic carbocycles. The lowest BCUT2D eigenvalue weighted by Crippen LogP contribution is -2.54. The summed E-state index contributed by atoms with van der Waals surface area (Å²) in [6.45, 7) is 13.5. The summed E-state index contributed by atoms with van der Waals surface area (Å²) >= 11 is 0. The van der Waals surface area contributed by atoms with E-state index in [1.807, 2.05) is 40.8 Å². The smallest absolute Gasteiger partial charge is 0.410 e. The lowest BCUT2D eigenvalue weighted by molar-refractivity contribution is -0.0157. The third-order valence-electron chi connectivity index (χ3n) is 6.90. The molecule has 1 aliphatic rings. The average Bonchev–Trinajstić information content (AvgIpc) is 3.45. The molecular formula is C30H38N8O5. The average molecular weight is 591 g/mol. The van der Waals surface area contributed by atoms with Gasteiger partial charge >= 0.3 is 12.2 Å². The van der Waals surface area contributed by atoms with Crippen molar-refractivity contribution < 1.29 is 23.9 Å². The lowest BCUT2D eigenvalue weighted by atomic mass is 10.1. The number of hydrogen-bond acceptors (Lipinski definition) is 8. The molecule has 0 unspecified atom stereocenters. The summed E-state index contributed by atoms with van der Waals surface area (Å²) in [5.74, 6) is 0.00934. The van der Waals surface area contributed by atoms with Crippen LogP contribution in [0.5, 0.6) is 0 Å². The lowest BCUT2D eigenvalue weighted by Gasteiger charge is -2.41. The predicted octanol–water partition coefficient (Wildman–Crippen LogP) is 4.71. The van der Waals surface area contributed by atoms with E-state index in [2.05, 4.69) is 15.4 Å². The van der Waals surface area contributed by atoms with Crippen molar-refractivity contribution >= 4 is 40.5 Å². The maximum absolute atomic E-state index is 13.2. The number of amides is 3. The van der Waals surface area contributed by atoms with Gasteiger partial charge in [0.05, 0.1) is 41.9 Å². The molecule has 0 radical (unpaired) electrons. The Kier molecular flexibility index (Phi) is 7.53. The molecular weight excluding hydrogens is 552 g/mol. The van der Waals surface area contributed by atoms with E-state index in [9.17, 15) is 14.4 Å². The van der Waals surface area contributed by atoms with Crippen molar-refractivity contribution in [1.82, 2.24) is 33.9 Å². The maximum Gasteiger partial charge on any atom is 0.410 e. The van der Waals surface area contributed by atoms with Crippen LogP contribution in [-0.2, 0) is 16.5 Å². The second-order valence-corrected chi connectivity index (χ2v) is 12.7. The summed E-state index contributed by atoms with van der Waals surface area (Å²) in [6.07, 6.45) is 4.00. The normalized spacial score (nSPS) is 16.0. The number of nitrogens with one attached hydrogen (secondary N) is 1. The topological polar surface area (TPSA) is 136 Å². The Balaban J connectivity index is 1.40. The Morgan fingerprint density at radius 1 is 0.977 bits per heavy atom. The van der Waals surface area contributed by atoms with Crippen LogP contribution >= 0.6 is 0 Å². The minimum absolute atomic E-state index is 0.172. The monoisotopic (exact) mass is 590 g/mol. The highest BCUT2D eigenvalue weighted by atomic mass is 16.6. The number of hydrogen-bond donors (Lipinski definition) is 1. The molecule has 3 amide bonds. The van der Waals surface area contributed by atoms with Crippen molar-refractivity contribution in [2.24, 2.45) is 7.05 Å². The number of imidazole rings is 1. The molecule has 228 valence electrons. The van der Waals surface area contributed by atoms with Gasteiger partial charge in [-0.25, -0.2) is 19.6 Å². The number of carbonyl (C=O) groups is 3. The van der Waals surface area contributed by atoms with Crippen LogP contribution in [0.3, 0.4) is 0 Å². The third kappa shape index (κ3) is 6.55. The van der Waals surface area contributed by atoms with Gasteiger partial charge in [-0.3, -0.25) is 14.4 Å². The maximum atomic E-state index is 13.2.